The Labute approximate surface area is 182 Å². The van der Waals surface area contributed by atoms with Crippen molar-refractivity contribution in [3.8, 4) is 17.4 Å². The number of nitrogens with one attached hydrogen (secondary N) is 1. The first-order valence-corrected chi connectivity index (χ1v) is 9.65. The smallest absolute Gasteiger partial charge is 0.279 e. The number of Topliss-reactive ketones (excluding diaryl/α,β-unsaturated/α-hetero) is 1. The van der Waals surface area contributed by atoms with E-state index in [-0.39, 0.29) is 28.9 Å². The lowest BCUT2D eigenvalue weighted by Gasteiger charge is -2.13. The number of rotatable bonds is 6. The van der Waals surface area contributed by atoms with E-state index in [0.29, 0.717) is 22.3 Å². The van der Waals surface area contributed by atoms with Gasteiger partial charge in [-0.1, -0.05) is 24.3 Å². The highest BCUT2D eigenvalue weighted by atomic mass is 19.1. The van der Waals surface area contributed by atoms with Crippen molar-refractivity contribution in [1.82, 2.24) is 9.97 Å². The van der Waals surface area contributed by atoms with Gasteiger partial charge in [0.1, 0.15) is 5.82 Å². The number of para-hydroxylation sites is 2. The fraction of sp³-hybridized carbons (Fsp3) is 0.0833. The second-order valence-corrected chi connectivity index (χ2v) is 6.85. The zero-order chi connectivity index (χ0) is 22.7. The molecule has 32 heavy (non-hydrogen) atoms. The number of fused-ring (bicyclic) bond motifs is 1. The fourth-order valence-electron chi connectivity index (χ4n) is 3.04. The number of amides is 1. The predicted molar refractivity (Wildman–Crippen MR) is 117 cm³/mol. The maximum atomic E-state index is 13.6. The van der Waals surface area contributed by atoms with E-state index >= 15 is 0 Å². The molecule has 4 aromatic rings. The highest BCUT2D eigenvalue weighted by molar-refractivity contribution is 6.06. The first-order valence-electron chi connectivity index (χ1n) is 9.65. The molecule has 0 aliphatic rings. The van der Waals surface area contributed by atoms with Gasteiger partial charge in [-0.15, -0.1) is 0 Å². The lowest BCUT2D eigenvalue weighted by Crippen LogP contribution is -2.16. The minimum Gasteiger partial charge on any atom is -0.493 e. The monoisotopic (exact) mass is 431 g/mol. The molecule has 0 bridgehead atoms. The molecule has 3 aromatic carbocycles. The van der Waals surface area contributed by atoms with E-state index in [0.717, 1.165) is 6.07 Å². The van der Waals surface area contributed by atoms with Gasteiger partial charge in [0.2, 0.25) is 0 Å². The van der Waals surface area contributed by atoms with Crippen molar-refractivity contribution in [3.05, 3.63) is 83.8 Å². The maximum absolute atomic E-state index is 13.6. The lowest BCUT2D eigenvalue weighted by atomic mass is 10.1. The van der Waals surface area contributed by atoms with Gasteiger partial charge in [0, 0.05) is 17.3 Å². The number of carbonyl (C=O) groups is 2. The molecular formula is C24H18FN3O4. The number of carbonyl (C=O) groups excluding carboxylic acids is 2. The Kier molecular flexibility index (Phi) is 5.76. The summed E-state index contributed by atoms with van der Waals surface area (Å²) in [5, 5.41) is 2.72. The predicted octanol–water partition coefficient (Wildman–Crippen LogP) is 5.02. The molecule has 8 heteroatoms. The fourth-order valence-corrected chi connectivity index (χ4v) is 3.04. The summed E-state index contributed by atoms with van der Waals surface area (Å²) in [5.74, 6) is -0.971. The molecule has 1 amide bonds. The molecule has 0 radical (unpaired) electrons. The van der Waals surface area contributed by atoms with E-state index in [1.807, 2.05) is 0 Å². The molecular weight excluding hydrogens is 413 g/mol. The van der Waals surface area contributed by atoms with E-state index in [2.05, 4.69) is 15.3 Å². The van der Waals surface area contributed by atoms with Crippen molar-refractivity contribution in [3.63, 3.8) is 0 Å². The summed E-state index contributed by atoms with van der Waals surface area (Å²) >= 11 is 0. The standard InChI is InChI=1S/C24H18FN3O4/c1-14(29)15-6-5-7-17(12-15)26-23(30)22-24(28-19-9-4-3-8-18(19)27-22)32-20-11-10-16(25)13-21(20)31-2/h3-13H,1-2H3,(H,26,30). The summed E-state index contributed by atoms with van der Waals surface area (Å²) in [6, 6.07) is 17.3. The number of ketones is 1. The summed E-state index contributed by atoms with van der Waals surface area (Å²) in [5.41, 5.74) is 1.80. The van der Waals surface area contributed by atoms with Crippen LogP contribution in [0.2, 0.25) is 0 Å². The maximum Gasteiger partial charge on any atom is 0.279 e. The third-order valence-electron chi connectivity index (χ3n) is 4.61. The van der Waals surface area contributed by atoms with Gasteiger partial charge in [0.15, 0.2) is 23.0 Å². The average Bonchev–Trinajstić information content (AvgIpc) is 2.79. The number of anilines is 1. The van der Waals surface area contributed by atoms with Crippen LogP contribution in [0.4, 0.5) is 10.1 Å². The second-order valence-electron chi connectivity index (χ2n) is 6.85. The minimum absolute atomic E-state index is 0.0752. The van der Waals surface area contributed by atoms with Gasteiger partial charge >= 0.3 is 0 Å². The first kappa shape index (κ1) is 20.9. The van der Waals surface area contributed by atoms with Gasteiger partial charge in [-0.3, -0.25) is 9.59 Å². The summed E-state index contributed by atoms with van der Waals surface area (Å²) < 4.78 is 24.6. The number of methoxy groups -OCH3 is 1. The molecule has 1 N–H and O–H groups in total. The largest absolute Gasteiger partial charge is 0.493 e. The third kappa shape index (κ3) is 4.39. The minimum atomic E-state index is -0.583. The molecule has 0 spiro atoms. The Hall–Kier alpha value is -4.33. The van der Waals surface area contributed by atoms with Crippen LogP contribution in [0.1, 0.15) is 27.8 Å². The molecule has 0 unspecified atom stereocenters. The molecule has 0 atom stereocenters. The van der Waals surface area contributed by atoms with Gasteiger partial charge in [-0.25, -0.2) is 14.4 Å². The van der Waals surface area contributed by atoms with Crippen LogP contribution >= 0.6 is 0 Å². The number of halogens is 1. The van der Waals surface area contributed by atoms with Crippen LogP contribution in [-0.4, -0.2) is 28.8 Å². The summed E-state index contributed by atoms with van der Waals surface area (Å²) in [4.78, 5) is 33.6. The summed E-state index contributed by atoms with van der Waals surface area (Å²) in [6.45, 7) is 1.44. The van der Waals surface area contributed by atoms with Gasteiger partial charge in [0.05, 0.1) is 18.1 Å². The molecule has 0 aliphatic carbocycles. The Bertz CT molecular complexity index is 1340. The second kappa shape index (κ2) is 8.81. The SMILES string of the molecule is COc1cc(F)ccc1Oc1nc2ccccc2nc1C(=O)Nc1cccc(C(C)=O)c1. The van der Waals surface area contributed by atoms with Crippen molar-refractivity contribution in [2.45, 2.75) is 6.92 Å². The molecule has 1 aromatic heterocycles. The van der Waals surface area contributed by atoms with Crippen LogP contribution in [0, 0.1) is 5.82 Å². The van der Waals surface area contributed by atoms with Crippen molar-refractivity contribution in [2.24, 2.45) is 0 Å². The average molecular weight is 431 g/mol. The van der Waals surface area contributed by atoms with Crippen LogP contribution in [0.15, 0.2) is 66.7 Å². The first-order chi connectivity index (χ1) is 15.4. The number of benzene rings is 3. The van der Waals surface area contributed by atoms with E-state index in [1.54, 1.807) is 48.5 Å². The molecule has 4 rings (SSSR count). The zero-order valence-electron chi connectivity index (χ0n) is 17.3. The molecule has 160 valence electrons. The lowest BCUT2D eigenvalue weighted by molar-refractivity contribution is 0.100. The van der Waals surface area contributed by atoms with Gasteiger partial charge in [-0.05, 0) is 43.3 Å². The molecule has 1 heterocycles. The van der Waals surface area contributed by atoms with E-state index in [1.165, 1.54) is 26.2 Å². The molecule has 0 saturated carbocycles. The number of nitrogens with zero attached hydrogens (tertiary/aromatic N) is 2. The Balaban J connectivity index is 1.75. The van der Waals surface area contributed by atoms with Gasteiger partial charge in [0.25, 0.3) is 11.8 Å². The van der Waals surface area contributed by atoms with Crippen LogP contribution in [0.3, 0.4) is 0 Å². The molecule has 7 nitrogen and oxygen atoms in total. The zero-order valence-corrected chi connectivity index (χ0v) is 17.3. The van der Waals surface area contributed by atoms with Crippen LogP contribution < -0.4 is 14.8 Å². The van der Waals surface area contributed by atoms with E-state index < -0.39 is 11.7 Å². The van der Waals surface area contributed by atoms with Crippen molar-refractivity contribution in [2.75, 3.05) is 12.4 Å². The van der Waals surface area contributed by atoms with E-state index in [4.69, 9.17) is 9.47 Å². The summed E-state index contributed by atoms with van der Waals surface area (Å²) in [6.07, 6.45) is 0. The van der Waals surface area contributed by atoms with E-state index in [9.17, 15) is 14.0 Å². The van der Waals surface area contributed by atoms with Crippen LogP contribution in [-0.2, 0) is 0 Å². The van der Waals surface area contributed by atoms with Gasteiger partial charge in [-0.2, -0.15) is 0 Å². The van der Waals surface area contributed by atoms with Gasteiger partial charge < -0.3 is 14.8 Å². The van der Waals surface area contributed by atoms with Crippen molar-refractivity contribution in [1.29, 1.82) is 0 Å². The Morgan fingerprint density at radius 1 is 0.906 bits per heavy atom. The number of hydrogen-bond acceptors (Lipinski definition) is 6. The van der Waals surface area contributed by atoms with Crippen LogP contribution in [0.5, 0.6) is 17.4 Å². The number of ether oxygens (including phenoxy) is 2. The third-order valence-corrected chi connectivity index (χ3v) is 4.61. The molecule has 0 saturated heterocycles. The Morgan fingerprint density at radius 3 is 2.38 bits per heavy atom. The topological polar surface area (TPSA) is 90.4 Å². The van der Waals surface area contributed by atoms with Crippen molar-refractivity contribution < 1.29 is 23.5 Å². The normalized spacial score (nSPS) is 10.6. The highest BCUT2D eigenvalue weighted by Crippen LogP contribution is 2.33. The van der Waals surface area contributed by atoms with Crippen molar-refractivity contribution >= 4 is 28.4 Å². The molecule has 0 fully saturated rings. The van der Waals surface area contributed by atoms with Crippen LogP contribution in [0.25, 0.3) is 11.0 Å². The Morgan fingerprint density at radius 2 is 1.66 bits per heavy atom. The molecule has 0 aliphatic heterocycles. The number of aromatic nitrogens is 2. The number of hydrogen-bond donors (Lipinski definition) is 1. The summed E-state index contributed by atoms with van der Waals surface area (Å²) in [7, 11) is 1.38. The highest BCUT2D eigenvalue weighted by Gasteiger charge is 2.20. The quantitative estimate of drug-likeness (QED) is 0.431.